The minimum Gasteiger partial charge on any atom is -0.369 e. The van der Waals surface area contributed by atoms with Gasteiger partial charge in [0.15, 0.2) is 0 Å². The first kappa shape index (κ1) is 18.7. The van der Waals surface area contributed by atoms with E-state index in [0.717, 1.165) is 31.9 Å². The van der Waals surface area contributed by atoms with Crippen LogP contribution < -0.4 is 15.1 Å². The summed E-state index contributed by atoms with van der Waals surface area (Å²) in [5.74, 6) is 0.179. The average Bonchev–Trinajstić information content (AvgIpc) is 3.02. The van der Waals surface area contributed by atoms with Gasteiger partial charge >= 0.3 is 0 Å². The summed E-state index contributed by atoms with van der Waals surface area (Å²) in [6, 6.07) is 8.17. The molecule has 1 atom stereocenters. The SMILES string of the molecule is CC(C)CNC(=O)C1CC(=O)N(c2ccc(N3CCN(C)CC3)cc2)C1. The van der Waals surface area contributed by atoms with Gasteiger partial charge in [-0.15, -0.1) is 0 Å². The van der Waals surface area contributed by atoms with Gasteiger partial charge in [-0.1, -0.05) is 13.8 Å². The Bertz CT molecular complexity index is 636. The number of nitrogens with zero attached hydrogens (tertiary/aromatic N) is 3. The summed E-state index contributed by atoms with van der Waals surface area (Å²) >= 11 is 0. The van der Waals surface area contributed by atoms with Crippen LogP contribution in [0.15, 0.2) is 24.3 Å². The molecule has 0 spiro atoms. The molecule has 6 nitrogen and oxygen atoms in total. The maximum Gasteiger partial charge on any atom is 0.227 e. The van der Waals surface area contributed by atoms with Gasteiger partial charge in [0.05, 0.1) is 5.92 Å². The Morgan fingerprint density at radius 3 is 2.35 bits per heavy atom. The van der Waals surface area contributed by atoms with E-state index >= 15 is 0 Å². The Morgan fingerprint density at radius 1 is 1.12 bits per heavy atom. The van der Waals surface area contributed by atoms with Crippen molar-refractivity contribution in [3.05, 3.63) is 24.3 Å². The molecule has 2 aliphatic rings. The van der Waals surface area contributed by atoms with Crippen LogP contribution in [0.1, 0.15) is 20.3 Å². The fraction of sp³-hybridized carbons (Fsp3) is 0.600. The third kappa shape index (κ3) is 4.36. The fourth-order valence-corrected chi connectivity index (χ4v) is 3.49. The summed E-state index contributed by atoms with van der Waals surface area (Å²) in [4.78, 5) is 31.1. The molecular weight excluding hydrogens is 328 g/mol. The molecule has 0 aliphatic carbocycles. The molecule has 1 N–H and O–H groups in total. The Balaban J connectivity index is 1.60. The molecule has 142 valence electrons. The minimum absolute atomic E-state index is 0.0105. The van der Waals surface area contributed by atoms with Gasteiger partial charge in [0.1, 0.15) is 0 Å². The third-order valence-electron chi connectivity index (χ3n) is 5.21. The molecule has 1 aromatic rings. The normalized spacial score (nSPS) is 21.5. The first-order valence-corrected chi connectivity index (χ1v) is 9.55. The molecule has 26 heavy (non-hydrogen) atoms. The molecule has 0 aromatic heterocycles. The van der Waals surface area contributed by atoms with Gasteiger partial charge in [-0.3, -0.25) is 9.59 Å². The highest BCUT2D eigenvalue weighted by Crippen LogP contribution is 2.27. The predicted octanol–water partition coefficient (Wildman–Crippen LogP) is 1.56. The van der Waals surface area contributed by atoms with Crippen molar-refractivity contribution >= 4 is 23.2 Å². The number of likely N-dealkylation sites (N-methyl/N-ethyl adjacent to an activating group) is 1. The van der Waals surface area contributed by atoms with Crippen molar-refractivity contribution < 1.29 is 9.59 Å². The van der Waals surface area contributed by atoms with Gasteiger partial charge in [0.25, 0.3) is 0 Å². The summed E-state index contributed by atoms with van der Waals surface area (Å²) in [6.07, 6.45) is 0.296. The van der Waals surface area contributed by atoms with Crippen molar-refractivity contribution in [3.8, 4) is 0 Å². The second-order valence-electron chi connectivity index (χ2n) is 7.85. The third-order valence-corrected chi connectivity index (χ3v) is 5.21. The van der Waals surface area contributed by atoms with Crippen LogP contribution in [0.25, 0.3) is 0 Å². The molecule has 0 bridgehead atoms. The second-order valence-corrected chi connectivity index (χ2v) is 7.85. The topological polar surface area (TPSA) is 55.9 Å². The number of anilines is 2. The zero-order valence-corrected chi connectivity index (χ0v) is 16.1. The molecule has 1 aromatic carbocycles. The standard InChI is InChI=1S/C20H30N4O2/c1-15(2)13-21-20(26)16-12-19(25)24(14-16)18-6-4-17(5-7-18)23-10-8-22(3)9-11-23/h4-7,15-16H,8-14H2,1-3H3,(H,21,26). The largest absolute Gasteiger partial charge is 0.369 e. The van der Waals surface area contributed by atoms with Crippen LogP contribution in [0.2, 0.25) is 0 Å². The first-order chi connectivity index (χ1) is 12.4. The zero-order chi connectivity index (χ0) is 18.7. The van der Waals surface area contributed by atoms with Gasteiger partial charge in [0, 0.05) is 57.1 Å². The van der Waals surface area contributed by atoms with Crippen molar-refractivity contribution in [1.82, 2.24) is 10.2 Å². The van der Waals surface area contributed by atoms with Crippen LogP contribution in [0.3, 0.4) is 0 Å². The number of nitrogens with one attached hydrogen (secondary N) is 1. The number of benzene rings is 1. The van der Waals surface area contributed by atoms with E-state index in [-0.39, 0.29) is 17.7 Å². The highest BCUT2D eigenvalue weighted by molar-refractivity contribution is 6.00. The Hall–Kier alpha value is -2.08. The van der Waals surface area contributed by atoms with Gasteiger partial charge in [-0.2, -0.15) is 0 Å². The number of rotatable bonds is 5. The molecule has 6 heteroatoms. The van der Waals surface area contributed by atoms with E-state index in [1.54, 1.807) is 4.90 Å². The van der Waals surface area contributed by atoms with E-state index in [9.17, 15) is 9.59 Å². The Labute approximate surface area is 156 Å². The van der Waals surface area contributed by atoms with Crippen molar-refractivity contribution in [1.29, 1.82) is 0 Å². The summed E-state index contributed by atoms with van der Waals surface area (Å²) < 4.78 is 0. The fourth-order valence-electron chi connectivity index (χ4n) is 3.49. The van der Waals surface area contributed by atoms with E-state index in [1.807, 2.05) is 12.1 Å². The predicted molar refractivity (Wildman–Crippen MR) is 104 cm³/mol. The number of carbonyl (C=O) groups is 2. The van der Waals surface area contributed by atoms with Crippen LogP contribution in [-0.2, 0) is 9.59 Å². The molecule has 2 amide bonds. The highest BCUT2D eigenvalue weighted by atomic mass is 16.2. The van der Waals surface area contributed by atoms with Crippen LogP contribution in [-0.4, -0.2) is 63.0 Å². The average molecular weight is 358 g/mol. The lowest BCUT2D eigenvalue weighted by atomic mass is 10.1. The highest BCUT2D eigenvalue weighted by Gasteiger charge is 2.35. The smallest absolute Gasteiger partial charge is 0.227 e. The number of amides is 2. The van der Waals surface area contributed by atoms with Crippen LogP contribution in [0, 0.1) is 11.8 Å². The maximum atomic E-state index is 12.4. The zero-order valence-electron chi connectivity index (χ0n) is 16.1. The van der Waals surface area contributed by atoms with Gasteiger partial charge in [-0.05, 0) is 37.2 Å². The lowest BCUT2D eigenvalue weighted by Gasteiger charge is -2.34. The lowest BCUT2D eigenvalue weighted by molar-refractivity contribution is -0.126. The quantitative estimate of drug-likeness (QED) is 0.868. The summed E-state index contributed by atoms with van der Waals surface area (Å²) in [5, 5.41) is 2.94. The number of hydrogen-bond donors (Lipinski definition) is 1. The van der Waals surface area contributed by atoms with Gasteiger partial charge in [-0.25, -0.2) is 0 Å². The van der Waals surface area contributed by atoms with Crippen molar-refractivity contribution in [2.75, 3.05) is 56.1 Å². The molecule has 2 aliphatic heterocycles. The van der Waals surface area contributed by atoms with E-state index in [2.05, 4.69) is 48.1 Å². The summed E-state index contributed by atoms with van der Waals surface area (Å²) in [5.41, 5.74) is 2.08. The maximum absolute atomic E-state index is 12.4. The van der Waals surface area contributed by atoms with E-state index in [0.29, 0.717) is 25.4 Å². The molecular formula is C20H30N4O2. The molecule has 1 unspecified atom stereocenters. The summed E-state index contributed by atoms with van der Waals surface area (Å²) in [7, 11) is 2.15. The van der Waals surface area contributed by atoms with Crippen LogP contribution >= 0.6 is 0 Å². The van der Waals surface area contributed by atoms with Crippen molar-refractivity contribution in [2.24, 2.45) is 11.8 Å². The minimum atomic E-state index is -0.251. The second kappa shape index (κ2) is 8.08. The van der Waals surface area contributed by atoms with E-state index < -0.39 is 0 Å². The van der Waals surface area contributed by atoms with Crippen LogP contribution in [0.5, 0.6) is 0 Å². The molecule has 0 radical (unpaired) electrons. The molecule has 0 saturated carbocycles. The Kier molecular flexibility index (Phi) is 5.81. The van der Waals surface area contributed by atoms with Gasteiger partial charge in [0.2, 0.25) is 11.8 Å². The number of piperazine rings is 1. The monoisotopic (exact) mass is 358 g/mol. The molecule has 2 saturated heterocycles. The molecule has 2 heterocycles. The summed E-state index contributed by atoms with van der Waals surface area (Å²) in [6.45, 7) is 9.44. The molecule has 2 fully saturated rings. The van der Waals surface area contributed by atoms with Crippen molar-refractivity contribution in [2.45, 2.75) is 20.3 Å². The van der Waals surface area contributed by atoms with Crippen LogP contribution in [0.4, 0.5) is 11.4 Å². The Morgan fingerprint density at radius 2 is 1.73 bits per heavy atom. The van der Waals surface area contributed by atoms with Gasteiger partial charge < -0.3 is 20.0 Å². The number of carbonyl (C=O) groups excluding carboxylic acids is 2. The first-order valence-electron chi connectivity index (χ1n) is 9.55. The van der Waals surface area contributed by atoms with E-state index in [1.165, 1.54) is 5.69 Å². The molecule has 3 rings (SSSR count). The van der Waals surface area contributed by atoms with E-state index in [4.69, 9.17) is 0 Å². The lowest BCUT2D eigenvalue weighted by Crippen LogP contribution is -2.44. The number of hydrogen-bond acceptors (Lipinski definition) is 4. The van der Waals surface area contributed by atoms with Crippen molar-refractivity contribution in [3.63, 3.8) is 0 Å².